The fourth-order valence-corrected chi connectivity index (χ4v) is 7.72. The number of anilines is 1. The molecule has 2 aliphatic rings. The smallest absolute Gasteiger partial charge is 0.305 e. The number of halogens is 2. The minimum atomic E-state index is -0.938. The number of thioether (sulfide) groups is 1. The number of carbonyl (C=O) groups excluding carboxylic acids is 2. The van der Waals surface area contributed by atoms with Crippen molar-refractivity contribution >= 4 is 69.5 Å². The van der Waals surface area contributed by atoms with E-state index in [1.54, 1.807) is 48.5 Å². The normalized spacial score (nSPS) is 19.9. The SMILES string of the molecule is O=C1C2Sc3[nH]c(=O)sc3C(c3cc([N+](=O)[O-])ccc3OCc3ccc(Cl)cc3)C2C(=O)N1c1ccc(Cl)cc1. The number of nitrogens with one attached hydrogen (secondary N) is 1. The number of H-pyrrole nitrogens is 1. The lowest BCUT2D eigenvalue weighted by atomic mass is 9.82. The fraction of sp³-hybridized carbons (Fsp3) is 0.148. The molecule has 202 valence electrons. The van der Waals surface area contributed by atoms with E-state index < -0.39 is 33.8 Å². The number of ether oxygens (including phenoxy) is 1. The molecule has 9 nitrogen and oxygen atoms in total. The van der Waals surface area contributed by atoms with Gasteiger partial charge in [0, 0.05) is 38.5 Å². The number of benzene rings is 3. The van der Waals surface area contributed by atoms with Gasteiger partial charge in [-0.3, -0.25) is 24.5 Å². The molecule has 1 saturated heterocycles. The van der Waals surface area contributed by atoms with Crippen LogP contribution in [0.5, 0.6) is 5.75 Å². The first kappa shape index (κ1) is 26.6. The monoisotopic (exact) mass is 613 g/mol. The Morgan fingerprint density at radius 3 is 2.30 bits per heavy atom. The van der Waals surface area contributed by atoms with E-state index in [1.807, 2.05) is 0 Å². The van der Waals surface area contributed by atoms with E-state index in [-0.39, 0.29) is 17.2 Å². The average Bonchev–Trinajstić information content (AvgIpc) is 3.43. The van der Waals surface area contributed by atoms with E-state index in [2.05, 4.69) is 4.98 Å². The lowest BCUT2D eigenvalue weighted by Gasteiger charge is -2.30. The molecule has 13 heteroatoms. The molecule has 2 amide bonds. The molecule has 0 saturated carbocycles. The molecule has 1 fully saturated rings. The van der Waals surface area contributed by atoms with Crippen LogP contribution < -0.4 is 14.5 Å². The van der Waals surface area contributed by atoms with E-state index in [1.165, 1.54) is 18.2 Å². The van der Waals surface area contributed by atoms with Gasteiger partial charge < -0.3 is 9.72 Å². The summed E-state index contributed by atoms with van der Waals surface area (Å²) >= 11 is 14.0. The second-order valence-electron chi connectivity index (χ2n) is 9.13. The number of aromatic amines is 1. The van der Waals surface area contributed by atoms with Crippen LogP contribution in [0.1, 0.15) is 21.9 Å². The third kappa shape index (κ3) is 4.68. The maximum absolute atomic E-state index is 14.0. The first-order chi connectivity index (χ1) is 19.2. The van der Waals surface area contributed by atoms with Gasteiger partial charge in [0.25, 0.3) is 5.69 Å². The number of imide groups is 1. The number of non-ortho nitro benzene ring substituents is 1. The highest BCUT2D eigenvalue weighted by atomic mass is 35.5. The maximum atomic E-state index is 14.0. The minimum absolute atomic E-state index is 0.123. The second-order valence-corrected chi connectivity index (χ2v) is 12.2. The van der Waals surface area contributed by atoms with Gasteiger partial charge in [0.2, 0.25) is 11.8 Å². The van der Waals surface area contributed by atoms with Gasteiger partial charge in [-0.2, -0.15) is 0 Å². The van der Waals surface area contributed by atoms with Crippen LogP contribution in [0, 0.1) is 16.0 Å². The summed E-state index contributed by atoms with van der Waals surface area (Å²) < 4.78 is 6.13. The van der Waals surface area contributed by atoms with Gasteiger partial charge in [0.05, 0.1) is 21.6 Å². The largest absolute Gasteiger partial charge is 0.489 e. The third-order valence-electron chi connectivity index (χ3n) is 6.76. The van der Waals surface area contributed by atoms with Gasteiger partial charge >= 0.3 is 4.87 Å². The van der Waals surface area contributed by atoms with Crippen molar-refractivity contribution in [2.75, 3.05) is 4.90 Å². The Morgan fingerprint density at radius 2 is 1.62 bits per heavy atom. The van der Waals surface area contributed by atoms with Gasteiger partial charge in [-0.25, -0.2) is 4.90 Å². The van der Waals surface area contributed by atoms with E-state index in [0.29, 0.717) is 36.9 Å². The number of rotatable bonds is 6. The molecule has 3 unspecified atom stereocenters. The van der Waals surface area contributed by atoms with Crippen molar-refractivity contribution in [1.82, 2.24) is 4.98 Å². The molecule has 1 aromatic heterocycles. The number of nitro groups is 1. The Kier molecular flexibility index (Phi) is 6.91. The standard InChI is InChI=1S/C27H17Cl2N3O6S2/c28-14-3-1-13(2-4-14)12-38-19-10-9-17(32(36)37)11-18(19)20-21-23(39-24-22(20)40-27(35)30-24)26(34)31(25(21)33)16-7-5-15(29)6-8-16/h1-11,20-21,23H,12H2,(H,30,35). The van der Waals surface area contributed by atoms with E-state index in [9.17, 15) is 24.5 Å². The minimum Gasteiger partial charge on any atom is -0.489 e. The summed E-state index contributed by atoms with van der Waals surface area (Å²) in [5.74, 6) is -2.41. The van der Waals surface area contributed by atoms with Crippen LogP contribution in [0.4, 0.5) is 11.4 Å². The van der Waals surface area contributed by atoms with Gasteiger partial charge in [0.1, 0.15) is 17.6 Å². The second kappa shape index (κ2) is 10.4. The van der Waals surface area contributed by atoms with Crippen molar-refractivity contribution < 1.29 is 19.2 Å². The summed E-state index contributed by atoms with van der Waals surface area (Å²) in [6.45, 7) is 0.123. The van der Waals surface area contributed by atoms with Gasteiger partial charge in [-0.05, 0) is 48.0 Å². The summed E-state index contributed by atoms with van der Waals surface area (Å²) in [6.07, 6.45) is 0. The highest BCUT2D eigenvalue weighted by molar-refractivity contribution is 8.00. The molecule has 3 atom stereocenters. The van der Waals surface area contributed by atoms with Crippen molar-refractivity contribution in [2.45, 2.75) is 22.8 Å². The van der Waals surface area contributed by atoms with Crippen LogP contribution in [0.15, 0.2) is 76.6 Å². The molecule has 6 rings (SSSR count). The van der Waals surface area contributed by atoms with Crippen LogP contribution in [0.2, 0.25) is 10.0 Å². The maximum Gasteiger partial charge on any atom is 0.305 e. The van der Waals surface area contributed by atoms with Gasteiger partial charge in [-0.15, -0.1) is 0 Å². The summed E-state index contributed by atoms with van der Waals surface area (Å²) in [5, 5.41) is 12.4. The van der Waals surface area contributed by atoms with Crippen molar-refractivity contribution in [3.05, 3.63) is 113 Å². The Hall–Kier alpha value is -3.64. The lowest BCUT2D eigenvalue weighted by molar-refractivity contribution is -0.385. The lowest BCUT2D eigenvalue weighted by Crippen LogP contribution is -2.32. The van der Waals surface area contributed by atoms with E-state index >= 15 is 0 Å². The molecule has 1 N–H and O–H groups in total. The number of aromatic nitrogens is 1. The van der Waals surface area contributed by atoms with Crippen molar-refractivity contribution in [2.24, 2.45) is 5.92 Å². The molecule has 0 spiro atoms. The first-order valence-electron chi connectivity index (χ1n) is 11.9. The van der Waals surface area contributed by atoms with Crippen LogP contribution in [0.3, 0.4) is 0 Å². The number of amides is 2. The summed E-state index contributed by atoms with van der Waals surface area (Å²) in [6, 6.07) is 17.5. The molecule has 40 heavy (non-hydrogen) atoms. The summed E-state index contributed by atoms with van der Waals surface area (Å²) in [5.41, 5.74) is 1.30. The van der Waals surface area contributed by atoms with Crippen molar-refractivity contribution in [1.29, 1.82) is 0 Å². The molecule has 4 aromatic rings. The molecule has 0 radical (unpaired) electrons. The van der Waals surface area contributed by atoms with Gasteiger partial charge in [-0.1, -0.05) is 58.4 Å². The number of nitro benzene ring substituents is 1. The highest BCUT2D eigenvalue weighted by Crippen LogP contribution is 2.55. The summed E-state index contributed by atoms with van der Waals surface area (Å²) in [4.78, 5) is 55.3. The average molecular weight is 614 g/mol. The topological polar surface area (TPSA) is 123 Å². The fourth-order valence-electron chi connectivity index (χ4n) is 4.96. The highest BCUT2D eigenvalue weighted by Gasteiger charge is 2.57. The van der Waals surface area contributed by atoms with Crippen molar-refractivity contribution in [3.63, 3.8) is 0 Å². The Labute approximate surface area is 244 Å². The predicted octanol–water partition coefficient (Wildman–Crippen LogP) is 6.03. The number of thiazole rings is 1. The number of hydrogen-bond donors (Lipinski definition) is 1. The molecule has 2 aliphatic heterocycles. The number of carbonyl (C=O) groups is 2. The van der Waals surface area contributed by atoms with E-state index in [4.69, 9.17) is 27.9 Å². The quantitative estimate of drug-likeness (QED) is 0.160. The van der Waals surface area contributed by atoms with Crippen LogP contribution >= 0.6 is 46.3 Å². The van der Waals surface area contributed by atoms with Crippen LogP contribution in [0.25, 0.3) is 0 Å². The first-order valence-corrected chi connectivity index (χ1v) is 14.3. The Morgan fingerprint density at radius 1 is 0.950 bits per heavy atom. The number of hydrogen-bond acceptors (Lipinski definition) is 8. The van der Waals surface area contributed by atoms with Gasteiger partial charge in [0.15, 0.2) is 0 Å². The Balaban J connectivity index is 1.47. The zero-order chi connectivity index (χ0) is 28.1. The van der Waals surface area contributed by atoms with Crippen LogP contribution in [-0.2, 0) is 16.2 Å². The summed E-state index contributed by atoms with van der Waals surface area (Å²) in [7, 11) is 0. The predicted molar refractivity (Wildman–Crippen MR) is 153 cm³/mol. The molecule has 0 bridgehead atoms. The molecule has 3 aromatic carbocycles. The zero-order valence-electron chi connectivity index (χ0n) is 20.2. The zero-order valence-corrected chi connectivity index (χ0v) is 23.4. The molecular formula is C27H17Cl2N3O6S2. The molecule has 0 aliphatic carbocycles. The number of fused-ring (bicyclic) bond motifs is 2. The third-order valence-corrected chi connectivity index (χ3v) is 9.66. The van der Waals surface area contributed by atoms with Crippen LogP contribution in [-0.4, -0.2) is 27.0 Å². The van der Waals surface area contributed by atoms with Crippen molar-refractivity contribution in [3.8, 4) is 5.75 Å². The number of nitrogens with zero attached hydrogens (tertiary/aromatic N) is 2. The molecule has 3 heterocycles. The van der Waals surface area contributed by atoms with E-state index in [0.717, 1.165) is 33.6 Å². The Bertz CT molecular complexity index is 1720. The molecular weight excluding hydrogens is 597 g/mol.